The van der Waals surface area contributed by atoms with Gasteiger partial charge < -0.3 is 10.6 Å². The second-order valence-electron chi connectivity index (χ2n) is 4.46. The van der Waals surface area contributed by atoms with Crippen molar-refractivity contribution in [2.24, 2.45) is 5.92 Å². The standard InChI is InChI=1S/C10H19N3O/c1-8(5-11)6-12-7-9(14)13-10(2,3)4/h8,12H,6-7H2,1-4H3,(H,13,14). The highest BCUT2D eigenvalue weighted by Crippen LogP contribution is 1.97. The number of rotatable bonds is 4. The van der Waals surface area contributed by atoms with Gasteiger partial charge in [0, 0.05) is 12.1 Å². The third-order valence-electron chi connectivity index (χ3n) is 1.47. The zero-order valence-corrected chi connectivity index (χ0v) is 9.35. The van der Waals surface area contributed by atoms with Crippen LogP contribution in [0.15, 0.2) is 0 Å². The molecule has 1 unspecified atom stereocenters. The lowest BCUT2D eigenvalue weighted by molar-refractivity contribution is -0.121. The average molecular weight is 197 g/mol. The summed E-state index contributed by atoms with van der Waals surface area (Å²) >= 11 is 0. The Morgan fingerprint density at radius 1 is 1.50 bits per heavy atom. The Kier molecular flexibility index (Phi) is 5.18. The molecule has 0 saturated carbocycles. The molecule has 0 aromatic heterocycles. The number of amides is 1. The lowest BCUT2D eigenvalue weighted by Crippen LogP contribution is -2.45. The normalized spacial score (nSPS) is 13.1. The minimum Gasteiger partial charge on any atom is -0.350 e. The van der Waals surface area contributed by atoms with E-state index in [9.17, 15) is 4.79 Å². The van der Waals surface area contributed by atoms with Crippen LogP contribution in [0.5, 0.6) is 0 Å². The van der Waals surface area contributed by atoms with Crippen LogP contribution in [-0.2, 0) is 4.79 Å². The van der Waals surface area contributed by atoms with Crippen molar-refractivity contribution in [3.05, 3.63) is 0 Å². The van der Waals surface area contributed by atoms with Gasteiger partial charge in [-0.15, -0.1) is 0 Å². The molecule has 0 saturated heterocycles. The van der Waals surface area contributed by atoms with Crippen LogP contribution in [0.3, 0.4) is 0 Å². The van der Waals surface area contributed by atoms with E-state index in [1.165, 1.54) is 0 Å². The van der Waals surface area contributed by atoms with Crippen molar-refractivity contribution in [2.75, 3.05) is 13.1 Å². The summed E-state index contributed by atoms with van der Waals surface area (Å²) in [7, 11) is 0. The van der Waals surface area contributed by atoms with Crippen LogP contribution in [0.4, 0.5) is 0 Å². The summed E-state index contributed by atoms with van der Waals surface area (Å²) in [4.78, 5) is 11.3. The van der Waals surface area contributed by atoms with Gasteiger partial charge in [0.05, 0.1) is 18.5 Å². The first-order valence-electron chi connectivity index (χ1n) is 4.76. The van der Waals surface area contributed by atoms with Gasteiger partial charge in [-0.2, -0.15) is 5.26 Å². The Morgan fingerprint density at radius 3 is 2.50 bits per heavy atom. The molecule has 1 amide bonds. The summed E-state index contributed by atoms with van der Waals surface area (Å²) in [6.07, 6.45) is 0. The van der Waals surface area contributed by atoms with Crippen molar-refractivity contribution in [3.8, 4) is 6.07 Å². The van der Waals surface area contributed by atoms with E-state index in [1.54, 1.807) is 0 Å². The molecule has 2 N–H and O–H groups in total. The highest BCUT2D eigenvalue weighted by molar-refractivity contribution is 5.78. The van der Waals surface area contributed by atoms with E-state index in [1.807, 2.05) is 27.7 Å². The number of carbonyl (C=O) groups is 1. The molecule has 80 valence electrons. The number of hydrogen-bond acceptors (Lipinski definition) is 3. The summed E-state index contributed by atoms with van der Waals surface area (Å²) in [6, 6.07) is 2.09. The minimum atomic E-state index is -0.195. The van der Waals surface area contributed by atoms with E-state index in [4.69, 9.17) is 5.26 Å². The van der Waals surface area contributed by atoms with Gasteiger partial charge >= 0.3 is 0 Å². The van der Waals surface area contributed by atoms with Gasteiger partial charge in [-0.3, -0.25) is 4.79 Å². The van der Waals surface area contributed by atoms with Crippen molar-refractivity contribution < 1.29 is 4.79 Å². The summed E-state index contributed by atoms with van der Waals surface area (Å²) < 4.78 is 0. The van der Waals surface area contributed by atoms with Crippen LogP contribution < -0.4 is 10.6 Å². The Bertz CT molecular complexity index is 225. The number of nitrogens with zero attached hydrogens (tertiary/aromatic N) is 1. The van der Waals surface area contributed by atoms with Crippen LogP contribution >= 0.6 is 0 Å². The van der Waals surface area contributed by atoms with E-state index in [0.29, 0.717) is 6.54 Å². The molecule has 0 bridgehead atoms. The van der Waals surface area contributed by atoms with Crippen LogP contribution in [0, 0.1) is 17.2 Å². The van der Waals surface area contributed by atoms with Gasteiger partial charge in [-0.1, -0.05) is 0 Å². The van der Waals surface area contributed by atoms with Crippen molar-refractivity contribution >= 4 is 5.91 Å². The second-order valence-corrected chi connectivity index (χ2v) is 4.46. The molecule has 14 heavy (non-hydrogen) atoms. The Balaban J connectivity index is 3.62. The molecule has 0 aromatic rings. The fourth-order valence-electron chi connectivity index (χ4n) is 0.910. The van der Waals surface area contributed by atoms with Crippen LogP contribution in [0.25, 0.3) is 0 Å². The lowest BCUT2D eigenvalue weighted by Gasteiger charge is -2.20. The Morgan fingerprint density at radius 2 is 2.07 bits per heavy atom. The predicted molar refractivity (Wildman–Crippen MR) is 55.5 cm³/mol. The third-order valence-corrected chi connectivity index (χ3v) is 1.47. The number of hydrogen-bond donors (Lipinski definition) is 2. The zero-order valence-electron chi connectivity index (χ0n) is 9.35. The third kappa shape index (κ3) is 7.56. The molecule has 4 heteroatoms. The maximum Gasteiger partial charge on any atom is 0.234 e. The molecule has 1 atom stereocenters. The van der Waals surface area contributed by atoms with Crippen LogP contribution in [0.1, 0.15) is 27.7 Å². The van der Waals surface area contributed by atoms with Crippen molar-refractivity contribution in [1.29, 1.82) is 5.26 Å². The van der Waals surface area contributed by atoms with E-state index in [0.717, 1.165) is 0 Å². The van der Waals surface area contributed by atoms with Gasteiger partial charge in [0.1, 0.15) is 0 Å². The molecule has 0 radical (unpaired) electrons. The van der Waals surface area contributed by atoms with E-state index in [2.05, 4.69) is 16.7 Å². The quantitative estimate of drug-likeness (QED) is 0.695. The van der Waals surface area contributed by atoms with Crippen LogP contribution in [-0.4, -0.2) is 24.5 Å². The first-order valence-corrected chi connectivity index (χ1v) is 4.76. The maximum atomic E-state index is 11.3. The molecule has 0 aromatic carbocycles. The molecule has 0 spiro atoms. The Labute approximate surface area is 85.7 Å². The second kappa shape index (κ2) is 5.61. The van der Waals surface area contributed by atoms with E-state index >= 15 is 0 Å². The van der Waals surface area contributed by atoms with Gasteiger partial charge in [-0.25, -0.2) is 0 Å². The van der Waals surface area contributed by atoms with Gasteiger partial charge in [-0.05, 0) is 27.7 Å². The topological polar surface area (TPSA) is 64.9 Å². The maximum absolute atomic E-state index is 11.3. The summed E-state index contributed by atoms with van der Waals surface area (Å²) in [6.45, 7) is 8.43. The summed E-state index contributed by atoms with van der Waals surface area (Å²) in [5, 5.41) is 14.2. The van der Waals surface area contributed by atoms with Crippen molar-refractivity contribution in [2.45, 2.75) is 33.2 Å². The molecule has 0 aliphatic carbocycles. The molecular formula is C10H19N3O. The highest BCUT2D eigenvalue weighted by Gasteiger charge is 2.13. The number of nitriles is 1. The zero-order chi connectivity index (χ0) is 11.2. The molecular weight excluding hydrogens is 178 g/mol. The molecule has 0 rings (SSSR count). The molecule has 0 aliphatic rings. The first-order chi connectivity index (χ1) is 6.35. The molecule has 0 heterocycles. The Hall–Kier alpha value is -1.08. The van der Waals surface area contributed by atoms with Gasteiger partial charge in [0.25, 0.3) is 0 Å². The van der Waals surface area contributed by atoms with Gasteiger partial charge in [0.15, 0.2) is 0 Å². The van der Waals surface area contributed by atoms with Crippen molar-refractivity contribution in [1.82, 2.24) is 10.6 Å². The number of nitrogens with one attached hydrogen (secondary N) is 2. The first kappa shape index (κ1) is 12.9. The van der Waals surface area contributed by atoms with Crippen molar-refractivity contribution in [3.63, 3.8) is 0 Å². The molecule has 0 aliphatic heterocycles. The summed E-state index contributed by atoms with van der Waals surface area (Å²) in [5.41, 5.74) is -0.195. The fraction of sp³-hybridized carbons (Fsp3) is 0.800. The van der Waals surface area contributed by atoms with E-state index < -0.39 is 0 Å². The number of carbonyl (C=O) groups excluding carboxylic acids is 1. The van der Waals surface area contributed by atoms with Crippen LogP contribution in [0.2, 0.25) is 0 Å². The lowest BCUT2D eigenvalue weighted by atomic mass is 10.1. The van der Waals surface area contributed by atoms with Gasteiger partial charge in [0.2, 0.25) is 5.91 Å². The fourth-order valence-corrected chi connectivity index (χ4v) is 0.910. The van der Waals surface area contributed by atoms with E-state index in [-0.39, 0.29) is 23.9 Å². The average Bonchev–Trinajstić information content (AvgIpc) is 2.00. The monoisotopic (exact) mass is 197 g/mol. The predicted octanol–water partition coefficient (Wildman–Crippen LogP) is 0.650. The summed E-state index contributed by atoms with van der Waals surface area (Å²) in [5.74, 6) is -0.0972. The smallest absolute Gasteiger partial charge is 0.234 e. The molecule has 4 nitrogen and oxygen atoms in total. The molecule has 0 fully saturated rings. The largest absolute Gasteiger partial charge is 0.350 e. The minimum absolute atomic E-state index is 0.0392. The SMILES string of the molecule is CC(C#N)CNCC(=O)NC(C)(C)C. The highest BCUT2D eigenvalue weighted by atomic mass is 16.2.